The number of nitrogens with one attached hydrogen (secondary N) is 1. The fraction of sp³-hybridized carbons (Fsp3) is 0.833. The van der Waals surface area contributed by atoms with Crippen molar-refractivity contribution in [3.05, 3.63) is 11.7 Å². The van der Waals surface area contributed by atoms with E-state index in [4.69, 9.17) is 9.26 Å². The maximum absolute atomic E-state index is 5.65. The Morgan fingerprint density at radius 3 is 3.06 bits per heavy atom. The third kappa shape index (κ3) is 3.78. The molecule has 1 aliphatic heterocycles. The maximum atomic E-state index is 5.65. The largest absolute Gasteiger partial charge is 0.378 e. The SMILES string of the molecule is CNC(C)Cc1noc(CC2CCCCO2)n1. The highest BCUT2D eigenvalue weighted by Crippen LogP contribution is 2.16. The summed E-state index contributed by atoms with van der Waals surface area (Å²) in [6.45, 7) is 2.96. The zero-order chi connectivity index (χ0) is 12.1. The van der Waals surface area contributed by atoms with Crippen molar-refractivity contribution in [3.8, 4) is 0 Å². The second-order valence-electron chi connectivity index (χ2n) is 4.69. The Morgan fingerprint density at radius 2 is 2.35 bits per heavy atom. The van der Waals surface area contributed by atoms with Crippen LogP contribution in [-0.4, -0.2) is 35.9 Å². The molecule has 0 aromatic carbocycles. The summed E-state index contributed by atoms with van der Waals surface area (Å²) in [7, 11) is 1.93. The fourth-order valence-electron chi connectivity index (χ4n) is 2.00. The van der Waals surface area contributed by atoms with Crippen LogP contribution in [0, 0.1) is 0 Å². The first-order chi connectivity index (χ1) is 8.28. The van der Waals surface area contributed by atoms with Crippen LogP contribution in [0.4, 0.5) is 0 Å². The van der Waals surface area contributed by atoms with Gasteiger partial charge < -0.3 is 14.6 Å². The fourth-order valence-corrected chi connectivity index (χ4v) is 2.00. The van der Waals surface area contributed by atoms with Gasteiger partial charge in [0.2, 0.25) is 5.89 Å². The summed E-state index contributed by atoms with van der Waals surface area (Å²) in [5.74, 6) is 1.48. The molecule has 1 aromatic heterocycles. The standard InChI is InChI=1S/C12H21N3O2/c1-9(13-2)7-11-14-12(17-15-11)8-10-5-3-4-6-16-10/h9-10,13H,3-8H2,1-2H3. The van der Waals surface area contributed by atoms with E-state index in [1.54, 1.807) is 0 Å². The van der Waals surface area contributed by atoms with Crippen LogP contribution in [0.25, 0.3) is 0 Å². The Labute approximate surface area is 102 Å². The lowest BCUT2D eigenvalue weighted by Crippen LogP contribution is -2.24. The molecule has 0 amide bonds. The molecule has 0 saturated carbocycles. The van der Waals surface area contributed by atoms with Crippen LogP contribution in [0.2, 0.25) is 0 Å². The minimum Gasteiger partial charge on any atom is -0.378 e. The lowest BCUT2D eigenvalue weighted by atomic mass is 10.1. The van der Waals surface area contributed by atoms with Gasteiger partial charge in [-0.25, -0.2) is 0 Å². The van der Waals surface area contributed by atoms with Gasteiger partial charge in [-0.1, -0.05) is 5.16 Å². The van der Waals surface area contributed by atoms with Gasteiger partial charge in [-0.05, 0) is 33.2 Å². The van der Waals surface area contributed by atoms with Crippen molar-refractivity contribution in [1.29, 1.82) is 0 Å². The van der Waals surface area contributed by atoms with E-state index >= 15 is 0 Å². The minimum atomic E-state index is 0.263. The summed E-state index contributed by atoms with van der Waals surface area (Å²) >= 11 is 0. The van der Waals surface area contributed by atoms with Crippen molar-refractivity contribution < 1.29 is 9.26 Å². The van der Waals surface area contributed by atoms with Crippen LogP contribution in [-0.2, 0) is 17.6 Å². The number of ether oxygens (including phenoxy) is 1. The van der Waals surface area contributed by atoms with Crippen molar-refractivity contribution >= 4 is 0 Å². The summed E-state index contributed by atoms with van der Waals surface area (Å²) in [6, 6.07) is 0.367. The zero-order valence-electron chi connectivity index (χ0n) is 10.6. The average molecular weight is 239 g/mol. The number of nitrogens with zero attached hydrogens (tertiary/aromatic N) is 2. The first-order valence-corrected chi connectivity index (χ1v) is 6.38. The molecule has 1 aliphatic rings. The van der Waals surface area contributed by atoms with Gasteiger partial charge in [0.05, 0.1) is 12.5 Å². The number of likely N-dealkylation sites (N-methyl/N-ethyl adjacent to an activating group) is 1. The molecule has 1 fully saturated rings. The van der Waals surface area contributed by atoms with E-state index in [9.17, 15) is 0 Å². The molecule has 0 aliphatic carbocycles. The average Bonchev–Trinajstić information content (AvgIpc) is 2.77. The van der Waals surface area contributed by atoms with E-state index in [0.717, 1.165) is 31.7 Å². The molecule has 2 heterocycles. The lowest BCUT2D eigenvalue weighted by Gasteiger charge is -2.20. The maximum Gasteiger partial charge on any atom is 0.229 e. The molecule has 0 spiro atoms. The highest BCUT2D eigenvalue weighted by atomic mass is 16.5. The first kappa shape index (κ1) is 12.5. The summed E-state index contributed by atoms with van der Waals surface area (Å²) < 4.78 is 10.9. The summed E-state index contributed by atoms with van der Waals surface area (Å²) in [4.78, 5) is 4.39. The molecular weight excluding hydrogens is 218 g/mol. The minimum absolute atomic E-state index is 0.263. The highest BCUT2D eigenvalue weighted by molar-refractivity contribution is 4.91. The molecule has 0 radical (unpaired) electrons. The molecular formula is C12H21N3O2. The lowest BCUT2D eigenvalue weighted by molar-refractivity contribution is 0.0124. The quantitative estimate of drug-likeness (QED) is 0.840. The topological polar surface area (TPSA) is 60.2 Å². The number of rotatable bonds is 5. The van der Waals surface area contributed by atoms with E-state index in [1.807, 2.05) is 7.05 Å². The van der Waals surface area contributed by atoms with Crippen molar-refractivity contribution in [2.45, 2.75) is 51.2 Å². The van der Waals surface area contributed by atoms with Crippen molar-refractivity contribution in [2.75, 3.05) is 13.7 Å². The molecule has 1 saturated heterocycles. The van der Waals surface area contributed by atoms with Gasteiger partial charge in [0.15, 0.2) is 5.82 Å². The normalized spacial score (nSPS) is 22.6. The Bertz CT molecular complexity index is 334. The summed E-state index contributed by atoms with van der Waals surface area (Å²) in [5, 5.41) is 7.15. The van der Waals surface area contributed by atoms with E-state index < -0.39 is 0 Å². The second kappa shape index (κ2) is 6.12. The number of hydrogen-bond acceptors (Lipinski definition) is 5. The molecule has 2 rings (SSSR count). The first-order valence-electron chi connectivity index (χ1n) is 6.38. The van der Waals surface area contributed by atoms with Crippen molar-refractivity contribution in [1.82, 2.24) is 15.5 Å². The molecule has 1 N–H and O–H groups in total. The summed E-state index contributed by atoms with van der Waals surface area (Å²) in [5.41, 5.74) is 0. The van der Waals surface area contributed by atoms with E-state index in [-0.39, 0.29) is 6.10 Å². The molecule has 5 nitrogen and oxygen atoms in total. The molecule has 5 heteroatoms. The third-order valence-corrected chi connectivity index (χ3v) is 3.17. The van der Waals surface area contributed by atoms with E-state index in [2.05, 4.69) is 22.4 Å². The third-order valence-electron chi connectivity index (χ3n) is 3.17. The number of aromatic nitrogens is 2. The summed E-state index contributed by atoms with van der Waals surface area (Å²) in [6.07, 6.45) is 5.32. The molecule has 17 heavy (non-hydrogen) atoms. The number of hydrogen-bond donors (Lipinski definition) is 1. The van der Waals surface area contributed by atoms with Crippen molar-refractivity contribution in [2.24, 2.45) is 0 Å². The van der Waals surface area contributed by atoms with E-state index in [1.165, 1.54) is 12.8 Å². The predicted molar refractivity (Wildman–Crippen MR) is 63.8 cm³/mol. The molecule has 2 atom stereocenters. The Kier molecular flexibility index (Phi) is 4.50. The molecule has 96 valence electrons. The monoisotopic (exact) mass is 239 g/mol. The molecule has 1 aromatic rings. The Balaban J connectivity index is 1.84. The van der Waals surface area contributed by atoms with Gasteiger partial charge in [-0.3, -0.25) is 0 Å². The molecule has 2 unspecified atom stereocenters. The van der Waals surface area contributed by atoms with Gasteiger partial charge >= 0.3 is 0 Å². The predicted octanol–water partition coefficient (Wildman–Crippen LogP) is 1.33. The van der Waals surface area contributed by atoms with Gasteiger partial charge in [0.1, 0.15) is 0 Å². The smallest absolute Gasteiger partial charge is 0.229 e. The highest BCUT2D eigenvalue weighted by Gasteiger charge is 2.18. The van der Waals surface area contributed by atoms with Gasteiger partial charge in [-0.15, -0.1) is 0 Å². The van der Waals surface area contributed by atoms with Crippen LogP contribution in [0.15, 0.2) is 4.52 Å². The zero-order valence-corrected chi connectivity index (χ0v) is 10.6. The van der Waals surface area contributed by atoms with Gasteiger partial charge in [-0.2, -0.15) is 4.98 Å². The van der Waals surface area contributed by atoms with Gasteiger partial charge in [0.25, 0.3) is 0 Å². The Hall–Kier alpha value is -0.940. The second-order valence-corrected chi connectivity index (χ2v) is 4.69. The van der Waals surface area contributed by atoms with Crippen LogP contribution >= 0.6 is 0 Å². The van der Waals surface area contributed by atoms with E-state index in [0.29, 0.717) is 11.9 Å². The van der Waals surface area contributed by atoms with Gasteiger partial charge in [0, 0.05) is 19.1 Å². The molecule has 0 bridgehead atoms. The van der Waals surface area contributed by atoms with Crippen LogP contribution in [0.1, 0.15) is 37.9 Å². The van der Waals surface area contributed by atoms with Crippen LogP contribution < -0.4 is 5.32 Å². The van der Waals surface area contributed by atoms with Crippen LogP contribution in [0.5, 0.6) is 0 Å². The Morgan fingerprint density at radius 1 is 1.47 bits per heavy atom. The van der Waals surface area contributed by atoms with Crippen LogP contribution in [0.3, 0.4) is 0 Å². The van der Waals surface area contributed by atoms with Crippen molar-refractivity contribution in [3.63, 3.8) is 0 Å².